The summed E-state index contributed by atoms with van der Waals surface area (Å²) in [7, 11) is 0. The zero-order valence-corrected chi connectivity index (χ0v) is 10.6. The second-order valence-electron chi connectivity index (χ2n) is 5.03. The number of carbonyl (C=O) groups is 1. The van der Waals surface area contributed by atoms with Gasteiger partial charge >= 0.3 is 0 Å². The molecule has 4 heteroatoms. The summed E-state index contributed by atoms with van der Waals surface area (Å²) in [4.78, 5) is 14.1. The van der Waals surface area contributed by atoms with Crippen LogP contribution in [0.15, 0.2) is 24.3 Å². The highest BCUT2D eigenvalue weighted by molar-refractivity contribution is 5.94. The van der Waals surface area contributed by atoms with Crippen LogP contribution in [0.5, 0.6) is 0 Å². The Kier molecular flexibility index (Phi) is 3.35. The average molecular weight is 244 g/mol. The van der Waals surface area contributed by atoms with Gasteiger partial charge in [-0.15, -0.1) is 0 Å². The molecule has 94 valence electrons. The van der Waals surface area contributed by atoms with Crippen LogP contribution in [-0.2, 0) is 4.74 Å². The minimum Gasteiger partial charge on any atom is -0.372 e. The van der Waals surface area contributed by atoms with Gasteiger partial charge in [-0.2, -0.15) is 5.26 Å². The maximum Gasteiger partial charge on any atom is 0.254 e. The average Bonchev–Trinajstić information content (AvgIpc) is 2.37. The maximum atomic E-state index is 12.3. The highest BCUT2D eigenvalue weighted by Gasteiger charge is 2.30. The van der Waals surface area contributed by atoms with E-state index in [4.69, 9.17) is 10.00 Å². The zero-order chi connectivity index (χ0) is 13.2. The summed E-state index contributed by atoms with van der Waals surface area (Å²) in [6.07, 6.45) is 0. The molecular formula is C14H16N2O2. The number of morpholine rings is 1. The molecule has 4 nitrogen and oxygen atoms in total. The lowest BCUT2D eigenvalue weighted by Crippen LogP contribution is -2.50. The van der Waals surface area contributed by atoms with Gasteiger partial charge < -0.3 is 9.64 Å². The monoisotopic (exact) mass is 244 g/mol. The van der Waals surface area contributed by atoms with Gasteiger partial charge in [-0.05, 0) is 32.0 Å². The summed E-state index contributed by atoms with van der Waals surface area (Å²) in [5, 5.41) is 8.84. The van der Waals surface area contributed by atoms with Crippen molar-refractivity contribution in [2.24, 2.45) is 0 Å². The zero-order valence-electron chi connectivity index (χ0n) is 10.6. The van der Waals surface area contributed by atoms with E-state index in [9.17, 15) is 4.79 Å². The molecule has 0 radical (unpaired) electrons. The summed E-state index contributed by atoms with van der Waals surface area (Å²) in [5.41, 5.74) is 0.765. The summed E-state index contributed by atoms with van der Waals surface area (Å²) >= 11 is 0. The molecular weight excluding hydrogens is 228 g/mol. The number of benzene rings is 1. The summed E-state index contributed by atoms with van der Waals surface area (Å²) in [6, 6.07) is 8.85. The molecule has 1 fully saturated rings. The van der Waals surface area contributed by atoms with Gasteiger partial charge in [0, 0.05) is 18.7 Å². The Morgan fingerprint density at radius 2 is 2.28 bits per heavy atom. The second kappa shape index (κ2) is 4.79. The van der Waals surface area contributed by atoms with Gasteiger partial charge in [0.2, 0.25) is 0 Å². The van der Waals surface area contributed by atoms with Crippen molar-refractivity contribution in [2.75, 3.05) is 19.7 Å². The standard InChI is InChI=1S/C14H16N2O2/c1-14(2)10-16(6-7-18-14)13(17)12-5-3-4-11(8-12)9-15/h3-5,8H,6-7,10H2,1-2H3. The van der Waals surface area contributed by atoms with Crippen LogP contribution in [0.1, 0.15) is 29.8 Å². The van der Waals surface area contributed by atoms with E-state index in [0.29, 0.717) is 30.8 Å². The lowest BCUT2D eigenvalue weighted by molar-refractivity contribution is -0.0764. The fourth-order valence-electron chi connectivity index (χ4n) is 2.09. The molecule has 0 N–H and O–H groups in total. The van der Waals surface area contributed by atoms with Crippen molar-refractivity contribution in [3.05, 3.63) is 35.4 Å². The first kappa shape index (κ1) is 12.6. The third-order valence-corrected chi connectivity index (χ3v) is 2.95. The maximum absolute atomic E-state index is 12.3. The molecule has 1 heterocycles. The van der Waals surface area contributed by atoms with Crippen LogP contribution in [0.2, 0.25) is 0 Å². The molecule has 0 unspecified atom stereocenters. The third-order valence-electron chi connectivity index (χ3n) is 2.95. The molecule has 1 aromatic rings. The van der Waals surface area contributed by atoms with E-state index in [2.05, 4.69) is 0 Å². The van der Waals surface area contributed by atoms with Gasteiger partial charge in [0.15, 0.2) is 0 Å². The highest BCUT2D eigenvalue weighted by atomic mass is 16.5. The Morgan fingerprint density at radius 3 is 2.94 bits per heavy atom. The third kappa shape index (κ3) is 2.69. The predicted octanol–water partition coefficient (Wildman–Crippen LogP) is 1.81. The van der Waals surface area contributed by atoms with Gasteiger partial charge in [-0.3, -0.25) is 4.79 Å². The van der Waals surface area contributed by atoms with Crippen LogP contribution in [0, 0.1) is 11.3 Å². The topological polar surface area (TPSA) is 53.3 Å². The molecule has 0 atom stereocenters. The number of hydrogen-bond donors (Lipinski definition) is 0. The number of ether oxygens (including phenoxy) is 1. The van der Waals surface area contributed by atoms with Crippen LogP contribution in [-0.4, -0.2) is 36.1 Å². The fraction of sp³-hybridized carbons (Fsp3) is 0.429. The van der Waals surface area contributed by atoms with Gasteiger partial charge in [0.1, 0.15) is 0 Å². The van der Waals surface area contributed by atoms with Gasteiger partial charge in [0.05, 0.1) is 23.8 Å². The van der Waals surface area contributed by atoms with Crippen LogP contribution in [0.25, 0.3) is 0 Å². The van der Waals surface area contributed by atoms with Gasteiger partial charge in [-0.25, -0.2) is 0 Å². The van der Waals surface area contributed by atoms with Crippen molar-refractivity contribution in [3.8, 4) is 6.07 Å². The molecule has 0 bridgehead atoms. The Hall–Kier alpha value is -1.86. The van der Waals surface area contributed by atoms with E-state index < -0.39 is 0 Å². The number of amides is 1. The summed E-state index contributed by atoms with van der Waals surface area (Å²) in [6.45, 7) is 5.66. The van der Waals surface area contributed by atoms with Gasteiger partial charge in [-0.1, -0.05) is 6.07 Å². The van der Waals surface area contributed by atoms with E-state index in [1.165, 1.54) is 0 Å². The van der Waals surface area contributed by atoms with Crippen LogP contribution >= 0.6 is 0 Å². The summed E-state index contributed by atoms with van der Waals surface area (Å²) in [5.74, 6) is -0.0384. The predicted molar refractivity (Wildman–Crippen MR) is 67.1 cm³/mol. The highest BCUT2D eigenvalue weighted by Crippen LogP contribution is 2.18. The number of carbonyl (C=O) groups excluding carboxylic acids is 1. The van der Waals surface area contributed by atoms with E-state index in [1.54, 1.807) is 29.2 Å². The molecule has 2 rings (SSSR count). The van der Waals surface area contributed by atoms with E-state index in [0.717, 1.165) is 0 Å². The van der Waals surface area contributed by atoms with Crippen molar-refractivity contribution in [1.29, 1.82) is 5.26 Å². The quantitative estimate of drug-likeness (QED) is 0.757. The van der Waals surface area contributed by atoms with Crippen LogP contribution in [0.4, 0.5) is 0 Å². The number of rotatable bonds is 1. The first-order chi connectivity index (χ1) is 8.52. The van der Waals surface area contributed by atoms with Crippen molar-refractivity contribution >= 4 is 5.91 Å². The lowest BCUT2D eigenvalue weighted by Gasteiger charge is -2.38. The molecule has 1 aliphatic heterocycles. The van der Waals surface area contributed by atoms with E-state index >= 15 is 0 Å². The van der Waals surface area contributed by atoms with Crippen LogP contribution in [0.3, 0.4) is 0 Å². The Labute approximate surface area is 107 Å². The number of hydrogen-bond acceptors (Lipinski definition) is 3. The molecule has 1 amide bonds. The number of nitriles is 1. The lowest BCUT2D eigenvalue weighted by atomic mass is 10.1. The Bertz CT molecular complexity index is 503. The van der Waals surface area contributed by atoms with Crippen molar-refractivity contribution < 1.29 is 9.53 Å². The van der Waals surface area contributed by atoms with E-state index in [1.807, 2.05) is 19.9 Å². The largest absolute Gasteiger partial charge is 0.372 e. The Morgan fingerprint density at radius 1 is 1.50 bits per heavy atom. The Balaban J connectivity index is 2.18. The second-order valence-corrected chi connectivity index (χ2v) is 5.03. The normalized spacial score (nSPS) is 18.2. The smallest absolute Gasteiger partial charge is 0.254 e. The molecule has 1 saturated heterocycles. The molecule has 18 heavy (non-hydrogen) atoms. The van der Waals surface area contributed by atoms with Gasteiger partial charge in [0.25, 0.3) is 5.91 Å². The van der Waals surface area contributed by atoms with Crippen molar-refractivity contribution in [1.82, 2.24) is 4.90 Å². The molecule has 0 aliphatic carbocycles. The minimum atomic E-state index is -0.305. The molecule has 1 aliphatic rings. The number of nitrogens with zero attached hydrogens (tertiary/aromatic N) is 2. The van der Waals surface area contributed by atoms with Crippen molar-refractivity contribution in [2.45, 2.75) is 19.4 Å². The minimum absolute atomic E-state index is 0.0384. The van der Waals surface area contributed by atoms with Crippen LogP contribution < -0.4 is 0 Å². The first-order valence-corrected chi connectivity index (χ1v) is 5.95. The van der Waals surface area contributed by atoms with Crippen molar-refractivity contribution in [3.63, 3.8) is 0 Å². The molecule has 0 aromatic heterocycles. The molecule has 1 aromatic carbocycles. The molecule has 0 spiro atoms. The fourth-order valence-corrected chi connectivity index (χ4v) is 2.09. The molecule has 0 saturated carbocycles. The van der Waals surface area contributed by atoms with E-state index in [-0.39, 0.29) is 11.5 Å². The first-order valence-electron chi connectivity index (χ1n) is 5.95. The summed E-state index contributed by atoms with van der Waals surface area (Å²) < 4.78 is 5.58. The SMILES string of the molecule is CC1(C)CN(C(=O)c2cccc(C#N)c2)CCO1.